The zero-order chi connectivity index (χ0) is 29.6. The van der Waals surface area contributed by atoms with Crippen LogP contribution in [0.2, 0.25) is 0 Å². The van der Waals surface area contributed by atoms with Gasteiger partial charge in [-0.15, -0.1) is 0 Å². The Labute approximate surface area is 249 Å². The largest absolute Gasteiger partial charge is 0.494 e. The van der Waals surface area contributed by atoms with E-state index in [1.54, 1.807) is 14.2 Å². The zero-order valence-corrected chi connectivity index (χ0v) is 25.0. The quantitative estimate of drug-likeness (QED) is 0.107. The number of hydrogen-bond acceptors (Lipinski definition) is 6. The topological polar surface area (TPSA) is 61.6 Å². The smallest absolute Gasteiger partial charge is 0.145 e. The lowest BCUT2D eigenvalue weighted by atomic mass is 10.0. The molecule has 0 spiro atoms. The minimum Gasteiger partial charge on any atom is -0.494 e. The van der Waals surface area contributed by atoms with Crippen LogP contribution in [-0.2, 0) is 0 Å². The summed E-state index contributed by atoms with van der Waals surface area (Å²) in [6.45, 7) is 5.78. The van der Waals surface area contributed by atoms with Crippen LogP contribution in [0.3, 0.4) is 0 Å². The van der Waals surface area contributed by atoms with Gasteiger partial charge in [0.05, 0.1) is 27.4 Å². The van der Waals surface area contributed by atoms with Crippen LogP contribution in [0.15, 0.2) is 94.9 Å². The van der Waals surface area contributed by atoms with Gasteiger partial charge in [-0.05, 0) is 108 Å². The van der Waals surface area contributed by atoms with Crippen molar-refractivity contribution in [2.75, 3.05) is 27.4 Å². The van der Waals surface area contributed by atoms with Crippen LogP contribution in [0.25, 0.3) is 11.1 Å². The van der Waals surface area contributed by atoms with Crippen LogP contribution in [-0.4, -0.2) is 39.9 Å². The van der Waals surface area contributed by atoms with Crippen LogP contribution in [0.5, 0.6) is 23.0 Å². The standard InChI is InChI=1S/C36H40N2O4/c1-5-7-21-41-31-15-9-27(10-16-31)25-37-33-19-13-29(23-35(33)39-3)30-14-20-34(36(24-30)40-4)38-26-28-11-17-32(18-12-28)42-22-8-6-2/h9-20,23-26H,5-8,21-22H2,1-4H3. The van der Waals surface area contributed by atoms with Crippen LogP contribution in [0.4, 0.5) is 11.4 Å². The molecule has 0 fully saturated rings. The molecule has 42 heavy (non-hydrogen) atoms. The summed E-state index contributed by atoms with van der Waals surface area (Å²) < 4.78 is 22.8. The summed E-state index contributed by atoms with van der Waals surface area (Å²) in [6.07, 6.45) is 7.99. The molecule has 6 nitrogen and oxygen atoms in total. The van der Waals surface area contributed by atoms with E-state index in [1.807, 2.05) is 97.4 Å². The van der Waals surface area contributed by atoms with Crippen molar-refractivity contribution >= 4 is 23.8 Å². The SMILES string of the molecule is CCCCOc1ccc(C=Nc2ccc(-c3ccc(N=Cc4ccc(OCCCC)cc4)c(OC)c3)cc2OC)cc1. The van der Waals surface area contributed by atoms with Crippen molar-refractivity contribution in [2.45, 2.75) is 39.5 Å². The summed E-state index contributed by atoms with van der Waals surface area (Å²) in [4.78, 5) is 9.34. The molecule has 0 radical (unpaired) electrons. The Balaban J connectivity index is 1.45. The maximum atomic E-state index is 5.75. The van der Waals surface area contributed by atoms with Crippen molar-refractivity contribution in [3.05, 3.63) is 96.1 Å². The maximum Gasteiger partial charge on any atom is 0.145 e. The molecule has 4 aromatic carbocycles. The predicted molar refractivity (Wildman–Crippen MR) is 173 cm³/mol. The zero-order valence-electron chi connectivity index (χ0n) is 25.0. The summed E-state index contributed by atoms with van der Waals surface area (Å²) in [5, 5.41) is 0. The van der Waals surface area contributed by atoms with Crippen molar-refractivity contribution in [1.29, 1.82) is 0 Å². The second kappa shape index (κ2) is 16.0. The van der Waals surface area contributed by atoms with Crippen molar-refractivity contribution in [1.82, 2.24) is 0 Å². The molecule has 4 rings (SSSR count). The Morgan fingerprint density at radius 3 is 1.31 bits per heavy atom. The minimum atomic E-state index is 0.687. The van der Waals surface area contributed by atoms with Crippen molar-refractivity contribution in [2.24, 2.45) is 9.98 Å². The monoisotopic (exact) mass is 564 g/mol. The van der Waals surface area contributed by atoms with Crippen molar-refractivity contribution in [3.8, 4) is 34.1 Å². The molecule has 6 heteroatoms. The average Bonchev–Trinajstić information content (AvgIpc) is 3.04. The average molecular weight is 565 g/mol. The first-order valence-electron chi connectivity index (χ1n) is 14.5. The highest BCUT2D eigenvalue weighted by Crippen LogP contribution is 2.37. The van der Waals surface area contributed by atoms with E-state index in [-0.39, 0.29) is 0 Å². The van der Waals surface area contributed by atoms with Crippen molar-refractivity contribution < 1.29 is 18.9 Å². The van der Waals surface area contributed by atoms with Gasteiger partial charge >= 0.3 is 0 Å². The lowest BCUT2D eigenvalue weighted by Crippen LogP contribution is -1.96. The van der Waals surface area contributed by atoms with E-state index < -0.39 is 0 Å². The van der Waals surface area contributed by atoms with Crippen LogP contribution in [0.1, 0.15) is 50.7 Å². The third-order valence-corrected chi connectivity index (χ3v) is 6.69. The highest BCUT2D eigenvalue weighted by Gasteiger charge is 2.09. The van der Waals surface area contributed by atoms with Gasteiger partial charge in [-0.25, -0.2) is 0 Å². The summed E-state index contributed by atoms with van der Waals surface area (Å²) >= 11 is 0. The predicted octanol–water partition coefficient (Wildman–Crippen LogP) is 9.23. The van der Waals surface area contributed by atoms with Gasteiger partial charge in [-0.2, -0.15) is 0 Å². The van der Waals surface area contributed by atoms with E-state index in [9.17, 15) is 0 Å². The summed E-state index contributed by atoms with van der Waals surface area (Å²) in [5.74, 6) is 3.12. The molecule has 0 aliphatic rings. The van der Waals surface area contributed by atoms with E-state index >= 15 is 0 Å². The second-order valence-electron chi connectivity index (χ2n) is 9.83. The first kappa shape index (κ1) is 30.4. The number of aliphatic imine (C=N–C) groups is 2. The molecule has 0 amide bonds. The van der Waals surface area contributed by atoms with Gasteiger partial charge in [-0.1, -0.05) is 38.8 Å². The van der Waals surface area contributed by atoms with Gasteiger partial charge in [0.2, 0.25) is 0 Å². The lowest BCUT2D eigenvalue weighted by molar-refractivity contribution is 0.309. The Morgan fingerprint density at radius 2 is 0.952 bits per heavy atom. The van der Waals surface area contributed by atoms with E-state index in [1.165, 1.54) is 0 Å². The molecule has 0 N–H and O–H groups in total. The molecule has 0 unspecified atom stereocenters. The molecule has 0 saturated carbocycles. The number of unbranched alkanes of at least 4 members (excludes halogenated alkanes) is 2. The van der Waals surface area contributed by atoms with Gasteiger partial charge in [-0.3, -0.25) is 9.98 Å². The molecule has 0 atom stereocenters. The number of benzene rings is 4. The van der Waals surface area contributed by atoms with E-state index in [0.717, 1.165) is 84.0 Å². The number of hydrogen-bond donors (Lipinski definition) is 0. The summed E-state index contributed by atoms with van der Waals surface area (Å²) in [7, 11) is 3.31. The first-order chi connectivity index (χ1) is 20.6. The van der Waals surface area contributed by atoms with Gasteiger partial charge in [0.1, 0.15) is 34.4 Å². The van der Waals surface area contributed by atoms with Crippen LogP contribution in [0, 0.1) is 0 Å². The molecule has 0 heterocycles. The third kappa shape index (κ3) is 8.71. The summed E-state index contributed by atoms with van der Waals surface area (Å²) in [5.41, 5.74) is 5.46. The van der Waals surface area contributed by atoms with Gasteiger partial charge in [0.15, 0.2) is 0 Å². The number of rotatable bonds is 15. The Kier molecular flexibility index (Phi) is 11.6. The number of nitrogens with zero attached hydrogens (tertiary/aromatic N) is 2. The molecule has 4 aromatic rings. The Hall–Kier alpha value is -4.58. The van der Waals surface area contributed by atoms with Gasteiger partial charge in [0.25, 0.3) is 0 Å². The molecule has 218 valence electrons. The highest BCUT2D eigenvalue weighted by atomic mass is 16.5. The molecule has 0 saturated heterocycles. The Morgan fingerprint density at radius 1 is 0.548 bits per heavy atom. The fraction of sp³-hybridized carbons (Fsp3) is 0.278. The highest BCUT2D eigenvalue weighted by molar-refractivity contribution is 5.85. The fourth-order valence-corrected chi connectivity index (χ4v) is 4.18. The maximum absolute atomic E-state index is 5.75. The van der Waals surface area contributed by atoms with Crippen LogP contribution >= 0.6 is 0 Å². The fourth-order valence-electron chi connectivity index (χ4n) is 4.18. The summed E-state index contributed by atoms with van der Waals surface area (Å²) in [6, 6.07) is 27.8. The van der Waals surface area contributed by atoms with E-state index in [0.29, 0.717) is 11.5 Å². The van der Waals surface area contributed by atoms with Gasteiger partial charge < -0.3 is 18.9 Å². The molecule has 0 aliphatic carbocycles. The molecule has 0 bridgehead atoms. The number of ether oxygens (including phenoxy) is 4. The van der Waals surface area contributed by atoms with E-state index in [2.05, 4.69) is 23.8 Å². The lowest BCUT2D eigenvalue weighted by Gasteiger charge is -2.11. The molecule has 0 aliphatic heterocycles. The van der Waals surface area contributed by atoms with Crippen molar-refractivity contribution in [3.63, 3.8) is 0 Å². The van der Waals surface area contributed by atoms with E-state index in [4.69, 9.17) is 18.9 Å². The molecular weight excluding hydrogens is 524 g/mol. The van der Waals surface area contributed by atoms with Gasteiger partial charge in [0, 0.05) is 12.4 Å². The minimum absolute atomic E-state index is 0.687. The Bertz CT molecular complexity index is 1350. The second-order valence-corrected chi connectivity index (χ2v) is 9.83. The van der Waals surface area contributed by atoms with Crippen LogP contribution < -0.4 is 18.9 Å². The normalized spacial score (nSPS) is 11.2. The molecular formula is C36H40N2O4. The molecule has 0 aromatic heterocycles. The first-order valence-corrected chi connectivity index (χ1v) is 14.5. The third-order valence-electron chi connectivity index (χ3n) is 6.69. The number of methoxy groups -OCH3 is 2.